The van der Waals surface area contributed by atoms with E-state index in [4.69, 9.17) is 9.47 Å². The molecule has 1 aliphatic carbocycles. The van der Waals surface area contributed by atoms with Gasteiger partial charge in [0.15, 0.2) is 17.1 Å². The molecule has 34 heavy (non-hydrogen) atoms. The Bertz CT molecular complexity index is 1180. The molecular weight excluding hydrogens is 477 g/mol. The summed E-state index contributed by atoms with van der Waals surface area (Å²) in [6.45, 7) is -0.700. The molecule has 3 rings (SSSR count). The molecule has 0 bridgehead atoms. The molecule has 0 aliphatic heterocycles. The zero-order valence-electron chi connectivity index (χ0n) is 17.8. The molecule has 0 atom stereocenters. The first-order valence-electron chi connectivity index (χ1n) is 10.2. The molecule has 1 aliphatic rings. The van der Waals surface area contributed by atoms with E-state index in [2.05, 4.69) is 16.6 Å². The molecule has 0 unspecified atom stereocenters. The van der Waals surface area contributed by atoms with E-state index in [1.54, 1.807) is 24.3 Å². The van der Waals surface area contributed by atoms with Crippen LogP contribution in [0.15, 0.2) is 48.5 Å². The van der Waals surface area contributed by atoms with Crippen molar-refractivity contribution in [3.63, 3.8) is 0 Å². The summed E-state index contributed by atoms with van der Waals surface area (Å²) >= 11 is 0. The van der Waals surface area contributed by atoms with Crippen molar-refractivity contribution in [3.05, 3.63) is 59.7 Å². The topological polar surface area (TPSA) is 102 Å². The molecule has 11 heteroatoms. The summed E-state index contributed by atoms with van der Waals surface area (Å²) in [5, 5.41) is 0. The Balaban J connectivity index is 1.90. The highest BCUT2D eigenvalue weighted by atomic mass is 32.2. The van der Waals surface area contributed by atoms with Crippen molar-refractivity contribution in [2.24, 2.45) is 0 Å². The van der Waals surface area contributed by atoms with Crippen LogP contribution < -0.4 is 9.47 Å². The van der Waals surface area contributed by atoms with Crippen LogP contribution in [0.2, 0.25) is 0 Å². The van der Waals surface area contributed by atoms with Gasteiger partial charge in [0.1, 0.15) is 6.61 Å². The largest absolute Gasteiger partial charge is 0.748 e. The summed E-state index contributed by atoms with van der Waals surface area (Å²) < 4.78 is 85.6. The van der Waals surface area contributed by atoms with Gasteiger partial charge in [-0.3, -0.25) is 0 Å². The van der Waals surface area contributed by atoms with Gasteiger partial charge in [-0.25, -0.2) is 13.2 Å². The minimum Gasteiger partial charge on any atom is -0.748 e. The van der Waals surface area contributed by atoms with E-state index in [0.29, 0.717) is 18.4 Å². The minimum atomic E-state index is -5.01. The van der Waals surface area contributed by atoms with Crippen LogP contribution in [0, 0.1) is 11.8 Å². The monoisotopic (exact) mass is 497 g/mol. The van der Waals surface area contributed by atoms with E-state index in [0.717, 1.165) is 31.0 Å². The molecule has 0 aromatic heterocycles. The molecule has 0 saturated heterocycles. The Hall–Kier alpha value is -3.23. The standard InChI is InChI=1S/C23H21F3O7S/c24-23(25,26)33-19-9-8-18(21(27)31-14-15-34(28,29)30)16-20(19)32-22(11-4-5-12-22)13-10-17-6-2-1-3-7-17/h1-3,6-9,16H,4-5,11-12,14-15H2,(H,28,29,30)/p-1. The zero-order chi connectivity index (χ0) is 24.8. The normalized spacial score (nSPS) is 15.2. The molecule has 2 aromatic carbocycles. The fourth-order valence-corrected chi connectivity index (χ4v) is 3.65. The van der Waals surface area contributed by atoms with Crippen molar-refractivity contribution in [1.82, 2.24) is 0 Å². The SMILES string of the molecule is O=C(OCCS(=O)(=O)[O-])c1ccc(OC(F)(F)F)c(OC2(C#Cc3ccccc3)CCCC2)c1. The Morgan fingerprint density at radius 3 is 2.35 bits per heavy atom. The molecule has 1 fully saturated rings. The van der Waals surface area contributed by atoms with Crippen LogP contribution in [-0.4, -0.2) is 43.3 Å². The number of rotatable bonds is 7. The fraction of sp³-hybridized carbons (Fsp3) is 0.348. The molecule has 0 heterocycles. The minimum absolute atomic E-state index is 0.211. The second-order valence-electron chi connectivity index (χ2n) is 7.53. The Labute approximate surface area is 194 Å². The Morgan fingerprint density at radius 2 is 1.74 bits per heavy atom. The number of alkyl halides is 3. The van der Waals surface area contributed by atoms with E-state index < -0.39 is 46.2 Å². The van der Waals surface area contributed by atoms with Crippen molar-refractivity contribution in [2.75, 3.05) is 12.4 Å². The van der Waals surface area contributed by atoms with Gasteiger partial charge < -0.3 is 18.8 Å². The van der Waals surface area contributed by atoms with Crippen LogP contribution in [0.25, 0.3) is 0 Å². The van der Waals surface area contributed by atoms with Crippen molar-refractivity contribution in [2.45, 2.75) is 37.6 Å². The van der Waals surface area contributed by atoms with E-state index >= 15 is 0 Å². The highest BCUT2D eigenvalue weighted by Gasteiger charge is 2.38. The van der Waals surface area contributed by atoms with Crippen LogP contribution in [0.1, 0.15) is 41.6 Å². The van der Waals surface area contributed by atoms with Gasteiger partial charge in [0, 0.05) is 5.56 Å². The summed E-state index contributed by atoms with van der Waals surface area (Å²) in [6.07, 6.45) is -2.63. The highest BCUT2D eigenvalue weighted by Crippen LogP contribution is 2.40. The number of esters is 1. The summed E-state index contributed by atoms with van der Waals surface area (Å²) in [5.74, 6) is 2.99. The lowest BCUT2D eigenvalue weighted by Crippen LogP contribution is -2.31. The van der Waals surface area contributed by atoms with Crippen molar-refractivity contribution in [1.29, 1.82) is 0 Å². The van der Waals surface area contributed by atoms with Crippen LogP contribution in [-0.2, 0) is 14.9 Å². The smallest absolute Gasteiger partial charge is 0.573 e. The average molecular weight is 497 g/mol. The summed E-state index contributed by atoms with van der Waals surface area (Å²) in [5.41, 5.74) is -0.606. The first kappa shape index (κ1) is 25.4. The molecule has 0 radical (unpaired) electrons. The fourth-order valence-electron chi connectivity index (χ4n) is 3.36. The summed E-state index contributed by atoms with van der Waals surface area (Å²) in [7, 11) is -4.60. The molecule has 0 amide bonds. The predicted octanol–water partition coefficient (Wildman–Crippen LogP) is 4.03. The third kappa shape index (κ3) is 7.67. The third-order valence-electron chi connectivity index (χ3n) is 4.90. The maximum absolute atomic E-state index is 13.0. The lowest BCUT2D eigenvalue weighted by atomic mass is 10.0. The lowest BCUT2D eigenvalue weighted by Gasteiger charge is -2.26. The maximum Gasteiger partial charge on any atom is 0.573 e. The van der Waals surface area contributed by atoms with Crippen LogP contribution in [0.5, 0.6) is 11.5 Å². The van der Waals surface area contributed by atoms with E-state index in [1.165, 1.54) is 0 Å². The number of benzene rings is 2. The summed E-state index contributed by atoms with van der Waals surface area (Å²) in [4.78, 5) is 12.2. The second-order valence-corrected chi connectivity index (χ2v) is 9.05. The first-order chi connectivity index (χ1) is 15.9. The van der Waals surface area contributed by atoms with Crippen LogP contribution >= 0.6 is 0 Å². The molecule has 7 nitrogen and oxygen atoms in total. The number of carbonyl (C=O) groups excluding carboxylic acids is 1. The lowest BCUT2D eigenvalue weighted by molar-refractivity contribution is -0.275. The van der Waals surface area contributed by atoms with Gasteiger partial charge >= 0.3 is 12.3 Å². The van der Waals surface area contributed by atoms with Gasteiger partial charge in [0.2, 0.25) is 0 Å². The van der Waals surface area contributed by atoms with Gasteiger partial charge in [0.25, 0.3) is 0 Å². The van der Waals surface area contributed by atoms with Crippen LogP contribution in [0.3, 0.4) is 0 Å². The van der Waals surface area contributed by atoms with Gasteiger partial charge in [-0.05, 0) is 56.0 Å². The molecule has 0 spiro atoms. The Kier molecular flexibility index (Phi) is 7.74. The number of halogens is 3. The van der Waals surface area contributed by atoms with E-state index in [1.807, 2.05) is 6.07 Å². The van der Waals surface area contributed by atoms with Gasteiger partial charge in [-0.1, -0.05) is 30.0 Å². The maximum atomic E-state index is 13.0. The second kappa shape index (κ2) is 10.4. The van der Waals surface area contributed by atoms with Gasteiger partial charge in [-0.2, -0.15) is 0 Å². The summed E-state index contributed by atoms with van der Waals surface area (Å²) in [6, 6.07) is 11.9. The average Bonchev–Trinajstić information content (AvgIpc) is 3.21. The molecule has 0 N–H and O–H groups in total. The molecular formula is C23H20F3O7S-. The van der Waals surface area contributed by atoms with Gasteiger partial charge in [-0.15, -0.1) is 13.2 Å². The molecule has 2 aromatic rings. The van der Waals surface area contributed by atoms with Gasteiger partial charge in [0.05, 0.1) is 21.4 Å². The predicted molar refractivity (Wildman–Crippen MR) is 113 cm³/mol. The number of carbonyl (C=O) groups is 1. The molecule has 1 saturated carbocycles. The number of hydrogen-bond acceptors (Lipinski definition) is 7. The van der Waals surface area contributed by atoms with Crippen LogP contribution in [0.4, 0.5) is 13.2 Å². The first-order valence-corrected chi connectivity index (χ1v) is 11.8. The number of ether oxygens (including phenoxy) is 3. The third-order valence-corrected chi connectivity index (χ3v) is 5.56. The van der Waals surface area contributed by atoms with Crippen molar-refractivity contribution in [3.8, 4) is 23.3 Å². The number of hydrogen-bond donors (Lipinski definition) is 0. The highest BCUT2D eigenvalue weighted by molar-refractivity contribution is 7.85. The zero-order valence-corrected chi connectivity index (χ0v) is 18.6. The van der Waals surface area contributed by atoms with Crippen molar-refractivity contribution < 1.29 is 45.1 Å². The van der Waals surface area contributed by atoms with E-state index in [9.17, 15) is 30.9 Å². The Morgan fingerprint density at radius 1 is 1.06 bits per heavy atom. The van der Waals surface area contributed by atoms with E-state index in [-0.39, 0.29) is 11.3 Å². The van der Waals surface area contributed by atoms with Crippen molar-refractivity contribution >= 4 is 16.1 Å². The quantitative estimate of drug-likeness (QED) is 0.323. The molecule has 182 valence electrons.